The highest BCUT2D eigenvalue weighted by atomic mass is 16.3. The van der Waals surface area contributed by atoms with Crippen LogP contribution in [0.3, 0.4) is 0 Å². The number of nitrogens with one attached hydrogen (secondary N) is 2. The van der Waals surface area contributed by atoms with Crippen molar-refractivity contribution in [2.45, 2.75) is 45.1 Å². The highest BCUT2D eigenvalue weighted by molar-refractivity contribution is 5.97. The van der Waals surface area contributed by atoms with Crippen molar-refractivity contribution in [3.8, 4) is 0 Å². The fourth-order valence-electron chi connectivity index (χ4n) is 2.96. The van der Waals surface area contributed by atoms with Gasteiger partial charge in [0.15, 0.2) is 0 Å². The third-order valence-electron chi connectivity index (χ3n) is 4.18. The summed E-state index contributed by atoms with van der Waals surface area (Å²) in [6.45, 7) is 4.26. The number of imidazole rings is 1. The Labute approximate surface area is 135 Å². The Bertz CT molecular complexity index is 739. The minimum Gasteiger partial charge on any atom is -0.388 e. The fourth-order valence-corrected chi connectivity index (χ4v) is 2.96. The quantitative estimate of drug-likeness (QED) is 0.729. The van der Waals surface area contributed by atoms with Crippen LogP contribution < -0.4 is 11.0 Å². The summed E-state index contributed by atoms with van der Waals surface area (Å²) in [4.78, 5) is 26.6. The van der Waals surface area contributed by atoms with Crippen LogP contribution in [0.5, 0.6) is 0 Å². The summed E-state index contributed by atoms with van der Waals surface area (Å²) in [7, 11) is 1.68. The number of benzene rings is 1. The molecular formula is C17H25N3O3. The largest absolute Gasteiger partial charge is 0.388 e. The molecule has 2 rings (SSSR count). The van der Waals surface area contributed by atoms with Crippen LogP contribution >= 0.6 is 0 Å². The maximum absolute atomic E-state index is 12.3. The number of carbonyl (C=O) groups is 1. The van der Waals surface area contributed by atoms with Gasteiger partial charge < -0.3 is 15.4 Å². The molecule has 1 aromatic heterocycles. The van der Waals surface area contributed by atoms with Crippen LogP contribution in [0.2, 0.25) is 0 Å². The lowest BCUT2D eigenvalue weighted by molar-refractivity contribution is 0.0213. The zero-order chi connectivity index (χ0) is 17.0. The van der Waals surface area contributed by atoms with Crippen LogP contribution in [0.25, 0.3) is 11.0 Å². The summed E-state index contributed by atoms with van der Waals surface area (Å²) >= 11 is 0. The number of amides is 1. The first kappa shape index (κ1) is 17.3. The van der Waals surface area contributed by atoms with Gasteiger partial charge in [0.1, 0.15) is 0 Å². The first-order chi connectivity index (χ1) is 10.9. The lowest BCUT2D eigenvalue weighted by atomic mass is 9.92. The van der Waals surface area contributed by atoms with Crippen molar-refractivity contribution in [2.24, 2.45) is 7.05 Å². The minimum absolute atomic E-state index is 0.210. The molecule has 0 aliphatic carbocycles. The standard InChI is InChI=1S/C17H25N3O3/c1-4-8-17(23,9-5-2)11-18-15(21)12-6-7-14-13(10-12)19-16(22)20(14)3/h6-7,10,23H,4-5,8-9,11H2,1-3H3,(H,18,21)(H,19,22). The Morgan fingerprint density at radius 3 is 2.57 bits per heavy atom. The fraction of sp³-hybridized carbons (Fsp3) is 0.529. The second-order valence-corrected chi connectivity index (χ2v) is 6.13. The molecule has 2 aromatic rings. The predicted octanol–water partition coefficient (Wildman–Crippen LogP) is 1.93. The Morgan fingerprint density at radius 2 is 1.96 bits per heavy atom. The maximum Gasteiger partial charge on any atom is 0.326 e. The van der Waals surface area contributed by atoms with Gasteiger partial charge in [0.2, 0.25) is 0 Å². The average Bonchev–Trinajstić information content (AvgIpc) is 2.80. The van der Waals surface area contributed by atoms with Crippen LogP contribution in [-0.2, 0) is 7.05 Å². The number of aryl methyl sites for hydroxylation is 1. The van der Waals surface area contributed by atoms with E-state index in [0.29, 0.717) is 23.9 Å². The van der Waals surface area contributed by atoms with Gasteiger partial charge in [-0.15, -0.1) is 0 Å². The summed E-state index contributed by atoms with van der Waals surface area (Å²) < 4.78 is 1.50. The first-order valence-corrected chi connectivity index (χ1v) is 8.09. The number of H-pyrrole nitrogens is 1. The number of nitrogens with zero attached hydrogens (tertiary/aromatic N) is 1. The Morgan fingerprint density at radius 1 is 1.30 bits per heavy atom. The Kier molecular flexibility index (Phi) is 5.26. The molecule has 23 heavy (non-hydrogen) atoms. The third-order valence-corrected chi connectivity index (χ3v) is 4.18. The van der Waals surface area contributed by atoms with Crippen LogP contribution in [0.15, 0.2) is 23.0 Å². The van der Waals surface area contributed by atoms with Gasteiger partial charge in [0, 0.05) is 19.2 Å². The molecule has 126 valence electrons. The number of carbonyl (C=O) groups excluding carboxylic acids is 1. The lowest BCUT2D eigenvalue weighted by Gasteiger charge is -2.27. The van der Waals surface area contributed by atoms with Crippen LogP contribution in [0.4, 0.5) is 0 Å². The Hall–Kier alpha value is -2.08. The molecule has 0 atom stereocenters. The van der Waals surface area contributed by atoms with E-state index in [9.17, 15) is 14.7 Å². The third kappa shape index (κ3) is 3.82. The maximum atomic E-state index is 12.3. The van der Waals surface area contributed by atoms with Gasteiger partial charge in [0.05, 0.1) is 16.6 Å². The normalized spacial score (nSPS) is 11.8. The summed E-state index contributed by atoms with van der Waals surface area (Å²) in [5, 5.41) is 13.4. The van der Waals surface area contributed by atoms with Gasteiger partial charge in [-0.3, -0.25) is 9.36 Å². The molecule has 1 amide bonds. The highest BCUT2D eigenvalue weighted by Crippen LogP contribution is 2.19. The monoisotopic (exact) mass is 319 g/mol. The molecule has 0 aliphatic rings. The zero-order valence-electron chi connectivity index (χ0n) is 14.0. The van der Waals surface area contributed by atoms with E-state index in [1.54, 1.807) is 25.2 Å². The summed E-state index contributed by atoms with van der Waals surface area (Å²) in [5.41, 5.74) is 0.778. The van der Waals surface area contributed by atoms with Crippen LogP contribution in [0.1, 0.15) is 49.9 Å². The van der Waals surface area contributed by atoms with Gasteiger partial charge in [-0.25, -0.2) is 4.79 Å². The van der Waals surface area contributed by atoms with Crippen molar-refractivity contribution in [2.75, 3.05) is 6.54 Å². The molecule has 6 heteroatoms. The summed E-state index contributed by atoms with van der Waals surface area (Å²) in [6.07, 6.45) is 3.05. The van der Waals surface area contributed by atoms with E-state index in [4.69, 9.17) is 0 Å². The highest BCUT2D eigenvalue weighted by Gasteiger charge is 2.25. The van der Waals surface area contributed by atoms with Crippen molar-refractivity contribution in [3.63, 3.8) is 0 Å². The van der Waals surface area contributed by atoms with E-state index in [-0.39, 0.29) is 18.1 Å². The molecule has 0 aliphatic heterocycles. The van der Waals surface area contributed by atoms with Crippen molar-refractivity contribution in [1.29, 1.82) is 0 Å². The number of aromatic nitrogens is 2. The van der Waals surface area contributed by atoms with Crippen molar-refractivity contribution in [1.82, 2.24) is 14.9 Å². The van der Waals surface area contributed by atoms with Crippen molar-refractivity contribution < 1.29 is 9.90 Å². The van der Waals surface area contributed by atoms with Crippen LogP contribution in [-0.4, -0.2) is 32.7 Å². The molecular weight excluding hydrogens is 294 g/mol. The molecule has 6 nitrogen and oxygen atoms in total. The summed E-state index contributed by atoms with van der Waals surface area (Å²) in [6, 6.07) is 5.08. The SMILES string of the molecule is CCCC(O)(CCC)CNC(=O)c1ccc2c(c1)[nH]c(=O)n2C. The van der Waals surface area contributed by atoms with E-state index >= 15 is 0 Å². The first-order valence-electron chi connectivity index (χ1n) is 8.09. The Balaban J connectivity index is 2.12. The average molecular weight is 319 g/mol. The summed E-state index contributed by atoms with van der Waals surface area (Å²) in [5.74, 6) is -0.248. The van der Waals surface area contributed by atoms with E-state index < -0.39 is 5.60 Å². The van der Waals surface area contributed by atoms with Crippen LogP contribution in [0, 0.1) is 0 Å². The number of fused-ring (bicyclic) bond motifs is 1. The van der Waals surface area contributed by atoms with Crippen molar-refractivity contribution in [3.05, 3.63) is 34.2 Å². The number of aliphatic hydroxyl groups is 1. The van der Waals surface area contributed by atoms with Gasteiger partial charge in [-0.2, -0.15) is 0 Å². The van der Waals surface area contributed by atoms with E-state index in [1.165, 1.54) is 4.57 Å². The van der Waals surface area contributed by atoms with E-state index in [0.717, 1.165) is 18.4 Å². The topological polar surface area (TPSA) is 87.1 Å². The minimum atomic E-state index is -0.857. The number of hydrogen-bond acceptors (Lipinski definition) is 3. The van der Waals surface area contributed by atoms with E-state index in [1.807, 2.05) is 13.8 Å². The van der Waals surface area contributed by atoms with Gasteiger partial charge >= 0.3 is 5.69 Å². The number of hydrogen-bond donors (Lipinski definition) is 3. The molecule has 0 saturated heterocycles. The molecule has 3 N–H and O–H groups in total. The molecule has 0 fully saturated rings. The van der Waals surface area contributed by atoms with Gasteiger partial charge in [-0.05, 0) is 31.0 Å². The van der Waals surface area contributed by atoms with Crippen molar-refractivity contribution >= 4 is 16.9 Å². The molecule has 0 unspecified atom stereocenters. The second-order valence-electron chi connectivity index (χ2n) is 6.13. The molecule has 1 heterocycles. The molecule has 0 radical (unpaired) electrons. The number of aromatic amines is 1. The predicted molar refractivity (Wildman–Crippen MR) is 90.6 cm³/mol. The molecule has 0 bridgehead atoms. The van der Waals surface area contributed by atoms with Gasteiger partial charge in [0.25, 0.3) is 5.91 Å². The van der Waals surface area contributed by atoms with E-state index in [2.05, 4.69) is 10.3 Å². The lowest BCUT2D eigenvalue weighted by Crippen LogP contribution is -2.42. The molecule has 0 saturated carbocycles. The van der Waals surface area contributed by atoms with Gasteiger partial charge in [-0.1, -0.05) is 26.7 Å². The molecule has 1 aromatic carbocycles. The smallest absolute Gasteiger partial charge is 0.326 e. The number of rotatable bonds is 7. The molecule has 0 spiro atoms. The second kappa shape index (κ2) is 7.00. The zero-order valence-corrected chi connectivity index (χ0v) is 14.0.